The molecule has 3 aromatic rings. The van der Waals surface area contributed by atoms with E-state index in [4.69, 9.17) is 10.5 Å². The van der Waals surface area contributed by atoms with Crippen molar-refractivity contribution >= 4 is 45.9 Å². The van der Waals surface area contributed by atoms with Crippen molar-refractivity contribution in [3.63, 3.8) is 0 Å². The summed E-state index contributed by atoms with van der Waals surface area (Å²) in [6, 6.07) is 13.3. The first-order valence-electron chi connectivity index (χ1n) is 9.93. The lowest BCUT2D eigenvalue weighted by Gasteiger charge is -2.15. The first-order valence-corrected chi connectivity index (χ1v) is 10.9. The van der Waals surface area contributed by atoms with Crippen molar-refractivity contribution in [2.45, 2.75) is 18.7 Å². The Hall–Kier alpha value is -3.26. The summed E-state index contributed by atoms with van der Waals surface area (Å²) in [6.07, 6.45) is 1.49. The summed E-state index contributed by atoms with van der Waals surface area (Å²) < 4.78 is 5.29. The van der Waals surface area contributed by atoms with Crippen LogP contribution in [0.15, 0.2) is 53.6 Å². The molecule has 2 aromatic carbocycles. The SMILES string of the molecule is COc1cccc(Nc2c(C(N)=O)cnc3ccc(SCCNC(=O)C(C)C)cc23)c1. The van der Waals surface area contributed by atoms with Gasteiger partial charge in [0.05, 0.1) is 23.9 Å². The van der Waals surface area contributed by atoms with Gasteiger partial charge < -0.3 is 21.1 Å². The lowest BCUT2D eigenvalue weighted by atomic mass is 10.1. The van der Waals surface area contributed by atoms with Gasteiger partial charge in [0.1, 0.15) is 5.75 Å². The number of methoxy groups -OCH3 is 1. The van der Waals surface area contributed by atoms with Crippen molar-refractivity contribution in [1.29, 1.82) is 0 Å². The Morgan fingerprint density at radius 2 is 2.00 bits per heavy atom. The molecule has 31 heavy (non-hydrogen) atoms. The molecule has 0 unspecified atom stereocenters. The maximum Gasteiger partial charge on any atom is 0.252 e. The van der Waals surface area contributed by atoms with Crippen molar-refractivity contribution in [3.8, 4) is 5.75 Å². The van der Waals surface area contributed by atoms with Gasteiger partial charge in [0.2, 0.25) is 5.91 Å². The summed E-state index contributed by atoms with van der Waals surface area (Å²) in [4.78, 5) is 29.2. The van der Waals surface area contributed by atoms with E-state index in [1.807, 2.05) is 56.3 Å². The molecular weight excluding hydrogens is 412 g/mol. The van der Waals surface area contributed by atoms with Gasteiger partial charge in [0.25, 0.3) is 5.91 Å². The average molecular weight is 439 g/mol. The molecule has 2 amide bonds. The predicted molar refractivity (Wildman–Crippen MR) is 125 cm³/mol. The van der Waals surface area contributed by atoms with Gasteiger partial charge in [-0.15, -0.1) is 11.8 Å². The lowest BCUT2D eigenvalue weighted by molar-refractivity contribution is -0.123. The minimum Gasteiger partial charge on any atom is -0.497 e. The van der Waals surface area contributed by atoms with Crippen LogP contribution in [-0.4, -0.2) is 36.2 Å². The number of benzene rings is 2. The van der Waals surface area contributed by atoms with E-state index < -0.39 is 5.91 Å². The summed E-state index contributed by atoms with van der Waals surface area (Å²) >= 11 is 1.62. The van der Waals surface area contributed by atoms with Gasteiger partial charge in [-0.2, -0.15) is 0 Å². The van der Waals surface area contributed by atoms with E-state index in [-0.39, 0.29) is 11.8 Å². The number of thioether (sulfide) groups is 1. The van der Waals surface area contributed by atoms with Crippen LogP contribution in [0.5, 0.6) is 5.75 Å². The number of hydrogen-bond donors (Lipinski definition) is 3. The summed E-state index contributed by atoms with van der Waals surface area (Å²) in [6.45, 7) is 4.31. The Labute approximate surface area is 185 Å². The second kappa shape index (κ2) is 10.2. The molecular formula is C23H26N4O3S. The Morgan fingerprint density at radius 1 is 1.19 bits per heavy atom. The molecule has 1 aromatic heterocycles. The van der Waals surface area contributed by atoms with Gasteiger partial charge in [-0.05, 0) is 30.3 Å². The number of primary amides is 1. The van der Waals surface area contributed by atoms with Crippen LogP contribution in [0.1, 0.15) is 24.2 Å². The summed E-state index contributed by atoms with van der Waals surface area (Å²) in [5, 5.41) is 7.00. The fourth-order valence-electron chi connectivity index (χ4n) is 2.98. The number of carbonyl (C=O) groups excluding carboxylic acids is 2. The van der Waals surface area contributed by atoms with Crippen LogP contribution >= 0.6 is 11.8 Å². The van der Waals surface area contributed by atoms with Crippen LogP contribution < -0.4 is 21.1 Å². The van der Waals surface area contributed by atoms with Crippen molar-refractivity contribution in [1.82, 2.24) is 10.3 Å². The van der Waals surface area contributed by atoms with E-state index in [1.165, 1.54) is 6.20 Å². The molecule has 8 heteroatoms. The Bertz CT molecular complexity index is 1100. The number of nitrogens with one attached hydrogen (secondary N) is 2. The molecule has 0 aliphatic heterocycles. The number of anilines is 2. The van der Waals surface area contributed by atoms with E-state index in [0.29, 0.717) is 23.5 Å². The predicted octanol–water partition coefficient (Wildman–Crippen LogP) is 3.95. The number of aromatic nitrogens is 1. The first kappa shape index (κ1) is 22.4. The molecule has 162 valence electrons. The largest absolute Gasteiger partial charge is 0.497 e. The zero-order valence-electron chi connectivity index (χ0n) is 17.8. The summed E-state index contributed by atoms with van der Waals surface area (Å²) in [5.41, 5.74) is 8.03. The molecule has 0 saturated heterocycles. The molecule has 0 fully saturated rings. The normalized spacial score (nSPS) is 10.8. The fraction of sp³-hybridized carbons (Fsp3) is 0.261. The van der Waals surface area contributed by atoms with Crippen LogP contribution in [0, 0.1) is 5.92 Å². The number of pyridine rings is 1. The maximum atomic E-state index is 12.1. The lowest BCUT2D eigenvalue weighted by Crippen LogP contribution is -2.29. The number of nitrogens with zero attached hydrogens (tertiary/aromatic N) is 1. The molecule has 0 saturated carbocycles. The van der Waals surface area contributed by atoms with Crippen molar-refractivity contribution in [2.75, 3.05) is 24.7 Å². The van der Waals surface area contributed by atoms with Crippen molar-refractivity contribution < 1.29 is 14.3 Å². The monoisotopic (exact) mass is 438 g/mol. The number of amides is 2. The van der Waals surface area contributed by atoms with E-state index in [0.717, 1.165) is 27.2 Å². The third-order valence-electron chi connectivity index (χ3n) is 4.64. The van der Waals surface area contributed by atoms with Gasteiger partial charge in [-0.1, -0.05) is 19.9 Å². The van der Waals surface area contributed by atoms with Gasteiger partial charge >= 0.3 is 0 Å². The molecule has 0 aliphatic rings. The van der Waals surface area contributed by atoms with E-state index >= 15 is 0 Å². The van der Waals surface area contributed by atoms with Gasteiger partial charge in [0, 0.05) is 46.4 Å². The minimum absolute atomic E-state index is 0.0331. The van der Waals surface area contributed by atoms with Gasteiger partial charge in [-0.25, -0.2) is 0 Å². The molecule has 0 radical (unpaired) electrons. The second-order valence-corrected chi connectivity index (χ2v) is 8.41. The third kappa shape index (κ3) is 5.67. The van der Waals surface area contributed by atoms with Crippen LogP contribution in [0.4, 0.5) is 11.4 Å². The second-order valence-electron chi connectivity index (χ2n) is 7.24. The average Bonchev–Trinajstić information content (AvgIpc) is 2.76. The highest BCUT2D eigenvalue weighted by Crippen LogP contribution is 2.33. The Kier molecular flexibility index (Phi) is 7.36. The number of fused-ring (bicyclic) bond motifs is 1. The Balaban J connectivity index is 1.89. The summed E-state index contributed by atoms with van der Waals surface area (Å²) in [7, 11) is 1.60. The van der Waals surface area contributed by atoms with Crippen molar-refractivity contribution in [2.24, 2.45) is 11.7 Å². The van der Waals surface area contributed by atoms with E-state index in [2.05, 4.69) is 15.6 Å². The molecule has 0 bridgehead atoms. The van der Waals surface area contributed by atoms with Gasteiger partial charge in [0.15, 0.2) is 0 Å². The number of rotatable bonds is 9. The number of hydrogen-bond acceptors (Lipinski definition) is 6. The zero-order chi connectivity index (χ0) is 22.4. The molecule has 3 rings (SSSR count). The molecule has 4 N–H and O–H groups in total. The van der Waals surface area contributed by atoms with Crippen LogP contribution in [-0.2, 0) is 4.79 Å². The topological polar surface area (TPSA) is 106 Å². The fourth-order valence-corrected chi connectivity index (χ4v) is 3.78. The highest BCUT2D eigenvalue weighted by Gasteiger charge is 2.15. The van der Waals surface area contributed by atoms with E-state index in [9.17, 15) is 9.59 Å². The minimum atomic E-state index is -0.561. The number of carbonyl (C=O) groups is 2. The molecule has 1 heterocycles. The van der Waals surface area contributed by atoms with Crippen molar-refractivity contribution in [3.05, 3.63) is 54.2 Å². The Morgan fingerprint density at radius 3 is 2.71 bits per heavy atom. The molecule has 0 spiro atoms. The number of nitrogens with two attached hydrogens (primary N) is 1. The zero-order valence-corrected chi connectivity index (χ0v) is 18.6. The van der Waals surface area contributed by atoms with Crippen LogP contribution in [0.3, 0.4) is 0 Å². The number of ether oxygens (including phenoxy) is 1. The quantitative estimate of drug-likeness (QED) is 0.345. The third-order valence-corrected chi connectivity index (χ3v) is 5.63. The molecule has 0 atom stereocenters. The standard InChI is InChI=1S/C23H26N4O3S/c1-14(2)23(29)25-9-10-31-17-7-8-20-18(12-17)21(19(13-26-20)22(24)28)27-15-5-4-6-16(11-15)30-3/h4-8,11-14H,9-10H2,1-3H3,(H2,24,28)(H,25,29)(H,26,27). The molecule has 0 aliphatic carbocycles. The first-order chi connectivity index (χ1) is 14.9. The highest BCUT2D eigenvalue weighted by atomic mass is 32.2. The summed E-state index contributed by atoms with van der Waals surface area (Å²) in [5.74, 6) is 0.872. The van der Waals surface area contributed by atoms with E-state index in [1.54, 1.807) is 18.9 Å². The van der Waals surface area contributed by atoms with Gasteiger partial charge in [-0.3, -0.25) is 14.6 Å². The van der Waals surface area contributed by atoms with Crippen LogP contribution in [0.2, 0.25) is 0 Å². The highest BCUT2D eigenvalue weighted by molar-refractivity contribution is 7.99. The molecule has 7 nitrogen and oxygen atoms in total. The maximum absolute atomic E-state index is 12.1. The van der Waals surface area contributed by atoms with Crippen LogP contribution in [0.25, 0.3) is 10.9 Å². The smallest absolute Gasteiger partial charge is 0.252 e.